The Labute approximate surface area is 112 Å². The second-order valence-corrected chi connectivity index (χ2v) is 7.14. The van der Waals surface area contributed by atoms with Gasteiger partial charge in [-0.2, -0.15) is 0 Å². The van der Waals surface area contributed by atoms with E-state index in [9.17, 15) is 0 Å². The summed E-state index contributed by atoms with van der Waals surface area (Å²) in [6.07, 6.45) is 4.07. The first kappa shape index (κ1) is 14.3. The van der Waals surface area contributed by atoms with Crippen LogP contribution >= 0.6 is 0 Å². The van der Waals surface area contributed by atoms with Gasteiger partial charge in [0.05, 0.1) is 6.61 Å². The number of hydrogen-bond acceptors (Lipinski definition) is 3. The minimum atomic E-state index is 0.441. The molecule has 2 atom stereocenters. The molecule has 3 nitrogen and oxygen atoms in total. The molecule has 2 rings (SSSR count). The van der Waals surface area contributed by atoms with Crippen LogP contribution in [0.4, 0.5) is 0 Å². The van der Waals surface area contributed by atoms with E-state index in [-0.39, 0.29) is 0 Å². The highest BCUT2D eigenvalue weighted by atomic mass is 16.5. The average Bonchev–Trinajstić information content (AvgIpc) is 2.97. The third kappa shape index (κ3) is 3.94. The number of hydrogen-bond donors (Lipinski definition) is 1. The van der Waals surface area contributed by atoms with Gasteiger partial charge in [0, 0.05) is 32.3 Å². The van der Waals surface area contributed by atoms with Crippen molar-refractivity contribution >= 4 is 0 Å². The normalized spacial score (nSPS) is 27.7. The molecule has 2 unspecified atom stereocenters. The maximum atomic E-state index is 5.41. The molecule has 0 spiro atoms. The Hall–Kier alpha value is -0.120. The van der Waals surface area contributed by atoms with Crippen LogP contribution in [0.15, 0.2) is 0 Å². The molecular formula is C15H30N2O. The van der Waals surface area contributed by atoms with Gasteiger partial charge in [-0.15, -0.1) is 0 Å². The van der Waals surface area contributed by atoms with Crippen LogP contribution in [0.3, 0.4) is 0 Å². The average molecular weight is 254 g/mol. The predicted octanol–water partition coefficient (Wildman–Crippen LogP) is 2.12. The van der Waals surface area contributed by atoms with E-state index in [0.29, 0.717) is 11.5 Å². The monoisotopic (exact) mass is 254 g/mol. The molecule has 106 valence electrons. The topological polar surface area (TPSA) is 24.5 Å². The summed E-state index contributed by atoms with van der Waals surface area (Å²) in [5, 5.41) is 3.65. The van der Waals surface area contributed by atoms with Crippen molar-refractivity contribution < 1.29 is 4.74 Å². The summed E-state index contributed by atoms with van der Waals surface area (Å²) in [7, 11) is 1.82. The lowest BCUT2D eigenvalue weighted by molar-refractivity contribution is 0.0963. The Morgan fingerprint density at radius 3 is 2.50 bits per heavy atom. The highest BCUT2D eigenvalue weighted by molar-refractivity contribution is 4.89. The molecular weight excluding hydrogens is 224 g/mol. The van der Waals surface area contributed by atoms with E-state index in [1.54, 1.807) is 0 Å². The van der Waals surface area contributed by atoms with Gasteiger partial charge in [0.2, 0.25) is 0 Å². The fraction of sp³-hybridized carbons (Fsp3) is 1.00. The molecule has 0 aromatic carbocycles. The van der Waals surface area contributed by atoms with Gasteiger partial charge in [-0.25, -0.2) is 0 Å². The van der Waals surface area contributed by atoms with Crippen molar-refractivity contribution in [2.24, 2.45) is 11.3 Å². The van der Waals surface area contributed by atoms with Crippen LogP contribution in [0.25, 0.3) is 0 Å². The molecule has 1 heterocycles. The van der Waals surface area contributed by atoms with E-state index < -0.39 is 0 Å². The summed E-state index contributed by atoms with van der Waals surface area (Å²) in [6, 6.07) is 1.35. The molecule has 2 aliphatic rings. The standard InChI is InChI=1S/C15H30N2O/c1-15(2,3)12-7-8-17(10-12)14(11-18-4)9-16-13-5-6-13/h12-14,16H,5-11H2,1-4H3. The molecule has 0 aromatic heterocycles. The van der Waals surface area contributed by atoms with Crippen LogP contribution < -0.4 is 5.32 Å². The van der Waals surface area contributed by atoms with Crippen molar-refractivity contribution in [1.29, 1.82) is 0 Å². The van der Waals surface area contributed by atoms with Gasteiger partial charge in [-0.05, 0) is 37.1 Å². The van der Waals surface area contributed by atoms with Crippen LogP contribution in [0.2, 0.25) is 0 Å². The first-order chi connectivity index (χ1) is 8.50. The van der Waals surface area contributed by atoms with Crippen molar-refractivity contribution in [3.63, 3.8) is 0 Å². The molecule has 2 fully saturated rings. The third-order valence-electron chi connectivity index (χ3n) is 4.54. The predicted molar refractivity (Wildman–Crippen MR) is 75.8 cm³/mol. The minimum absolute atomic E-state index is 0.441. The second-order valence-electron chi connectivity index (χ2n) is 7.14. The molecule has 1 N–H and O–H groups in total. The van der Waals surface area contributed by atoms with Crippen LogP contribution in [0.1, 0.15) is 40.0 Å². The van der Waals surface area contributed by atoms with E-state index in [0.717, 1.165) is 25.1 Å². The molecule has 0 radical (unpaired) electrons. The molecule has 1 aliphatic carbocycles. The fourth-order valence-corrected chi connectivity index (χ4v) is 2.90. The van der Waals surface area contributed by atoms with E-state index in [1.807, 2.05) is 7.11 Å². The SMILES string of the molecule is COCC(CNC1CC1)N1CCC(C(C)(C)C)C1. The Kier molecular flexibility index (Phi) is 4.68. The maximum Gasteiger partial charge on any atom is 0.0630 e. The van der Waals surface area contributed by atoms with Gasteiger partial charge in [-0.3, -0.25) is 4.90 Å². The summed E-state index contributed by atoms with van der Waals surface area (Å²) < 4.78 is 5.41. The van der Waals surface area contributed by atoms with E-state index >= 15 is 0 Å². The van der Waals surface area contributed by atoms with Gasteiger partial charge in [0.15, 0.2) is 0 Å². The molecule has 1 aliphatic heterocycles. The Bertz CT molecular complexity index is 258. The maximum absolute atomic E-state index is 5.41. The Morgan fingerprint density at radius 2 is 2.00 bits per heavy atom. The van der Waals surface area contributed by atoms with Crippen molar-refractivity contribution in [3.8, 4) is 0 Å². The molecule has 1 saturated carbocycles. The largest absolute Gasteiger partial charge is 0.383 e. The number of ether oxygens (including phenoxy) is 1. The van der Waals surface area contributed by atoms with Gasteiger partial charge < -0.3 is 10.1 Å². The molecule has 0 bridgehead atoms. The molecule has 0 amide bonds. The lowest BCUT2D eigenvalue weighted by Gasteiger charge is -2.30. The highest BCUT2D eigenvalue weighted by Gasteiger charge is 2.35. The molecule has 1 saturated heterocycles. The first-order valence-corrected chi connectivity index (χ1v) is 7.47. The van der Waals surface area contributed by atoms with E-state index in [1.165, 1.54) is 32.4 Å². The lowest BCUT2D eigenvalue weighted by Crippen LogP contribution is -2.45. The Balaban J connectivity index is 1.82. The van der Waals surface area contributed by atoms with Crippen LogP contribution in [0.5, 0.6) is 0 Å². The number of rotatable bonds is 6. The number of likely N-dealkylation sites (tertiary alicyclic amines) is 1. The minimum Gasteiger partial charge on any atom is -0.383 e. The van der Waals surface area contributed by atoms with E-state index in [2.05, 4.69) is 31.0 Å². The summed E-state index contributed by atoms with van der Waals surface area (Å²) in [6.45, 7) is 11.5. The number of nitrogens with zero attached hydrogens (tertiary/aromatic N) is 1. The lowest BCUT2D eigenvalue weighted by atomic mass is 9.80. The molecule has 18 heavy (non-hydrogen) atoms. The second kappa shape index (κ2) is 5.89. The summed E-state index contributed by atoms with van der Waals surface area (Å²) in [5.41, 5.74) is 0.441. The Morgan fingerprint density at radius 1 is 1.28 bits per heavy atom. The van der Waals surface area contributed by atoms with Crippen LogP contribution in [0, 0.1) is 11.3 Å². The summed E-state index contributed by atoms with van der Waals surface area (Å²) in [4.78, 5) is 2.63. The zero-order chi connectivity index (χ0) is 13.2. The van der Waals surface area contributed by atoms with Gasteiger partial charge in [0.1, 0.15) is 0 Å². The summed E-state index contributed by atoms with van der Waals surface area (Å²) in [5.74, 6) is 0.831. The number of methoxy groups -OCH3 is 1. The van der Waals surface area contributed by atoms with Gasteiger partial charge in [0.25, 0.3) is 0 Å². The van der Waals surface area contributed by atoms with Gasteiger partial charge in [-0.1, -0.05) is 20.8 Å². The zero-order valence-corrected chi connectivity index (χ0v) is 12.5. The van der Waals surface area contributed by atoms with Crippen molar-refractivity contribution in [2.75, 3.05) is 33.4 Å². The quantitative estimate of drug-likeness (QED) is 0.786. The van der Waals surface area contributed by atoms with Crippen molar-refractivity contribution in [3.05, 3.63) is 0 Å². The van der Waals surface area contributed by atoms with Crippen LogP contribution in [-0.4, -0.2) is 50.3 Å². The number of nitrogens with one attached hydrogen (secondary N) is 1. The van der Waals surface area contributed by atoms with Crippen molar-refractivity contribution in [2.45, 2.75) is 52.1 Å². The van der Waals surface area contributed by atoms with E-state index in [4.69, 9.17) is 4.74 Å². The highest BCUT2D eigenvalue weighted by Crippen LogP contribution is 2.34. The third-order valence-corrected chi connectivity index (χ3v) is 4.54. The molecule has 0 aromatic rings. The van der Waals surface area contributed by atoms with Crippen LogP contribution in [-0.2, 0) is 4.74 Å². The zero-order valence-electron chi connectivity index (χ0n) is 12.5. The fourth-order valence-electron chi connectivity index (χ4n) is 2.90. The van der Waals surface area contributed by atoms with Crippen molar-refractivity contribution in [1.82, 2.24) is 10.2 Å². The summed E-state index contributed by atoms with van der Waals surface area (Å²) >= 11 is 0. The first-order valence-electron chi connectivity index (χ1n) is 7.47. The smallest absolute Gasteiger partial charge is 0.0630 e. The van der Waals surface area contributed by atoms with Gasteiger partial charge >= 0.3 is 0 Å². The molecule has 3 heteroatoms.